The fraction of sp³-hybridized carbons (Fsp3) is 0.231. The van der Waals surface area contributed by atoms with E-state index in [0.29, 0.717) is 43.3 Å². The van der Waals surface area contributed by atoms with Crippen LogP contribution in [0, 0.1) is 0 Å². The summed E-state index contributed by atoms with van der Waals surface area (Å²) in [5.74, 6) is 0. The van der Waals surface area contributed by atoms with Crippen molar-refractivity contribution in [3.8, 4) is 28.2 Å². The first kappa shape index (κ1) is 23.7. The summed E-state index contributed by atoms with van der Waals surface area (Å²) < 4.78 is 45.0. The fourth-order valence-electron chi connectivity index (χ4n) is 4.48. The molecule has 3 heterocycles. The molecule has 0 unspecified atom stereocenters. The number of benzene rings is 2. The molecule has 0 aliphatic carbocycles. The lowest BCUT2D eigenvalue weighted by Crippen LogP contribution is -2.44. The summed E-state index contributed by atoms with van der Waals surface area (Å²) in [6, 6.07) is 15.0. The predicted octanol–water partition coefficient (Wildman–Crippen LogP) is 3.92. The molecule has 0 radical (unpaired) electrons. The lowest BCUT2D eigenvalue weighted by atomic mass is 10.0. The van der Waals surface area contributed by atoms with E-state index in [0.717, 1.165) is 17.2 Å². The van der Waals surface area contributed by atoms with Crippen LogP contribution in [0.5, 0.6) is 0 Å². The predicted molar refractivity (Wildman–Crippen MR) is 134 cm³/mol. The second-order valence-electron chi connectivity index (χ2n) is 8.73. The first-order chi connectivity index (χ1) is 17.2. The Morgan fingerprint density at radius 2 is 1.69 bits per heavy atom. The number of hydrogen-bond acceptors (Lipinski definition) is 5. The third-order valence-electron chi connectivity index (χ3n) is 6.32. The van der Waals surface area contributed by atoms with Gasteiger partial charge < -0.3 is 20.5 Å². The molecule has 10 heteroatoms. The number of piperazine rings is 1. The highest BCUT2D eigenvalue weighted by molar-refractivity contribution is 5.71. The van der Waals surface area contributed by atoms with Gasteiger partial charge in [0, 0.05) is 57.0 Å². The summed E-state index contributed by atoms with van der Waals surface area (Å²) in [5, 5.41) is 3.15. The van der Waals surface area contributed by atoms with Crippen LogP contribution in [0.1, 0.15) is 5.56 Å². The Morgan fingerprint density at radius 1 is 0.972 bits per heavy atom. The molecule has 1 aliphatic rings. The van der Waals surface area contributed by atoms with Crippen molar-refractivity contribution in [2.75, 3.05) is 36.8 Å². The van der Waals surface area contributed by atoms with Crippen molar-refractivity contribution >= 4 is 11.4 Å². The summed E-state index contributed by atoms with van der Waals surface area (Å²) in [6.45, 7) is 2.16. The highest BCUT2D eigenvalue weighted by Crippen LogP contribution is 2.38. The van der Waals surface area contributed by atoms with Crippen LogP contribution in [-0.4, -0.2) is 40.3 Å². The minimum absolute atomic E-state index is 0.113. The first-order valence-electron chi connectivity index (χ1n) is 11.5. The molecule has 2 aromatic heterocycles. The molecule has 4 aromatic rings. The molecular weight excluding hydrogens is 469 g/mol. The van der Waals surface area contributed by atoms with Crippen molar-refractivity contribution in [2.24, 2.45) is 7.05 Å². The number of rotatable bonds is 4. The molecule has 0 atom stereocenters. The Balaban J connectivity index is 1.63. The van der Waals surface area contributed by atoms with E-state index in [-0.39, 0.29) is 11.4 Å². The van der Waals surface area contributed by atoms with Crippen LogP contribution in [0.2, 0.25) is 0 Å². The number of nitrogen functional groups attached to an aromatic ring is 1. The molecule has 0 saturated carbocycles. The summed E-state index contributed by atoms with van der Waals surface area (Å²) in [5.41, 5.74) is 8.02. The van der Waals surface area contributed by atoms with E-state index in [1.165, 1.54) is 15.2 Å². The van der Waals surface area contributed by atoms with Gasteiger partial charge in [-0.05, 0) is 53.6 Å². The van der Waals surface area contributed by atoms with Crippen LogP contribution in [0.15, 0.2) is 71.8 Å². The number of aryl methyl sites for hydroxylation is 1. The SMILES string of the molecule is Cn1cc(-c2cc(-c3ccc(N)cc3)ccn2)n(-c2ccc(N3CCNCC3)c(C(F)(F)F)c2)c1=O. The molecular formula is C26H25F3N6O. The topological polar surface area (TPSA) is 81.1 Å². The van der Waals surface area contributed by atoms with Gasteiger partial charge in [-0.25, -0.2) is 4.79 Å². The van der Waals surface area contributed by atoms with Crippen molar-refractivity contribution in [3.05, 3.63) is 83.0 Å². The number of nitrogens with zero attached hydrogens (tertiary/aromatic N) is 4. The Labute approximate surface area is 205 Å². The third-order valence-corrected chi connectivity index (χ3v) is 6.32. The Morgan fingerprint density at radius 3 is 2.39 bits per heavy atom. The highest BCUT2D eigenvalue weighted by atomic mass is 19.4. The number of anilines is 2. The molecule has 0 spiro atoms. The molecule has 186 valence electrons. The Hall–Kier alpha value is -4.05. The van der Waals surface area contributed by atoms with Gasteiger partial charge in [-0.1, -0.05) is 12.1 Å². The zero-order valence-electron chi connectivity index (χ0n) is 19.6. The van der Waals surface area contributed by atoms with Gasteiger partial charge in [0.2, 0.25) is 0 Å². The summed E-state index contributed by atoms with van der Waals surface area (Å²) >= 11 is 0. The molecule has 3 N–H and O–H groups in total. The van der Waals surface area contributed by atoms with E-state index in [9.17, 15) is 18.0 Å². The summed E-state index contributed by atoms with van der Waals surface area (Å²) in [7, 11) is 1.56. The van der Waals surface area contributed by atoms with Gasteiger partial charge in [-0.15, -0.1) is 0 Å². The van der Waals surface area contributed by atoms with Crippen LogP contribution in [0.4, 0.5) is 24.5 Å². The Bertz CT molecular complexity index is 1450. The minimum atomic E-state index is -4.58. The number of pyridine rings is 1. The first-order valence-corrected chi connectivity index (χ1v) is 11.5. The highest BCUT2D eigenvalue weighted by Gasteiger charge is 2.36. The zero-order valence-corrected chi connectivity index (χ0v) is 19.6. The fourth-order valence-corrected chi connectivity index (χ4v) is 4.48. The van der Waals surface area contributed by atoms with E-state index >= 15 is 0 Å². The largest absolute Gasteiger partial charge is 0.418 e. The van der Waals surface area contributed by atoms with Gasteiger partial charge in [-0.3, -0.25) is 9.55 Å². The van der Waals surface area contributed by atoms with Gasteiger partial charge in [0.15, 0.2) is 0 Å². The minimum Gasteiger partial charge on any atom is -0.399 e. The molecule has 5 rings (SSSR count). The number of halogens is 3. The third kappa shape index (κ3) is 4.47. The van der Waals surface area contributed by atoms with Gasteiger partial charge in [0.05, 0.1) is 22.6 Å². The smallest absolute Gasteiger partial charge is 0.399 e. The number of nitrogens with two attached hydrogens (primary N) is 1. The summed E-state index contributed by atoms with van der Waals surface area (Å²) in [6.07, 6.45) is -1.39. The van der Waals surface area contributed by atoms with Crippen LogP contribution < -0.4 is 21.6 Å². The van der Waals surface area contributed by atoms with Crippen LogP contribution in [0.3, 0.4) is 0 Å². The van der Waals surface area contributed by atoms with Crippen molar-refractivity contribution in [2.45, 2.75) is 6.18 Å². The van der Waals surface area contributed by atoms with Crippen molar-refractivity contribution < 1.29 is 13.2 Å². The van der Waals surface area contributed by atoms with E-state index < -0.39 is 17.4 Å². The molecule has 7 nitrogen and oxygen atoms in total. The zero-order chi connectivity index (χ0) is 25.4. The lowest BCUT2D eigenvalue weighted by Gasteiger charge is -2.31. The number of aromatic nitrogens is 3. The molecule has 0 bridgehead atoms. The Kier molecular flexibility index (Phi) is 6.05. The van der Waals surface area contributed by atoms with Gasteiger partial charge >= 0.3 is 11.9 Å². The van der Waals surface area contributed by atoms with Gasteiger partial charge in [0.25, 0.3) is 0 Å². The maximum Gasteiger partial charge on any atom is 0.418 e. The number of nitrogens with one attached hydrogen (secondary N) is 1. The van der Waals surface area contributed by atoms with Crippen LogP contribution >= 0.6 is 0 Å². The van der Waals surface area contributed by atoms with Crippen molar-refractivity contribution in [1.82, 2.24) is 19.4 Å². The van der Waals surface area contributed by atoms with E-state index in [1.807, 2.05) is 18.2 Å². The number of imidazole rings is 1. The van der Waals surface area contributed by atoms with Gasteiger partial charge in [0.1, 0.15) is 0 Å². The lowest BCUT2D eigenvalue weighted by molar-refractivity contribution is -0.137. The van der Waals surface area contributed by atoms with E-state index in [1.54, 1.807) is 48.6 Å². The molecule has 1 fully saturated rings. The van der Waals surface area contributed by atoms with E-state index in [4.69, 9.17) is 5.73 Å². The van der Waals surface area contributed by atoms with Crippen LogP contribution in [-0.2, 0) is 13.2 Å². The normalized spacial score (nSPS) is 14.3. The second kappa shape index (κ2) is 9.19. The molecule has 0 amide bonds. The van der Waals surface area contributed by atoms with E-state index in [2.05, 4.69) is 10.3 Å². The molecule has 2 aromatic carbocycles. The average molecular weight is 495 g/mol. The quantitative estimate of drug-likeness (QED) is 0.421. The standard InChI is InChI=1S/C26H25F3N6O/c1-33-16-24(22-14-18(8-9-32-22)17-2-4-19(30)5-3-17)35(25(33)36)20-6-7-23(21(15-20)26(27,28)29)34-12-10-31-11-13-34/h2-9,14-16,31H,10-13,30H2,1H3. The van der Waals surface area contributed by atoms with Gasteiger partial charge in [-0.2, -0.15) is 13.2 Å². The van der Waals surface area contributed by atoms with Crippen molar-refractivity contribution in [3.63, 3.8) is 0 Å². The number of alkyl halides is 3. The summed E-state index contributed by atoms with van der Waals surface area (Å²) in [4.78, 5) is 19.2. The molecule has 1 aliphatic heterocycles. The molecule has 36 heavy (non-hydrogen) atoms. The van der Waals surface area contributed by atoms with Crippen LogP contribution in [0.25, 0.3) is 28.2 Å². The number of hydrogen-bond donors (Lipinski definition) is 2. The maximum absolute atomic E-state index is 14.1. The maximum atomic E-state index is 14.1. The average Bonchev–Trinajstić information content (AvgIpc) is 3.18. The second-order valence-corrected chi connectivity index (χ2v) is 8.73. The van der Waals surface area contributed by atoms with Crippen molar-refractivity contribution in [1.29, 1.82) is 0 Å². The molecule has 1 saturated heterocycles. The monoisotopic (exact) mass is 494 g/mol.